The van der Waals surface area contributed by atoms with Crippen LogP contribution in [-0.2, 0) is 6.54 Å². The maximum absolute atomic E-state index is 9.57. The molecule has 2 heterocycles. The molecule has 2 aromatic rings. The Morgan fingerprint density at radius 1 is 1.50 bits per heavy atom. The number of anilines is 1. The van der Waals surface area contributed by atoms with Crippen LogP contribution in [0.3, 0.4) is 0 Å². The van der Waals surface area contributed by atoms with Gasteiger partial charge in [-0.25, -0.2) is 4.98 Å². The minimum absolute atomic E-state index is 0.462. The van der Waals surface area contributed by atoms with E-state index in [1.807, 2.05) is 19.2 Å². The summed E-state index contributed by atoms with van der Waals surface area (Å²) in [6, 6.07) is 5.87. The highest BCUT2D eigenvalue weighted by Gasteiger charge is 2.08. The predicted octanol–water partition coefficient (Wildman–Crippen LogP) is 3.60. The molecule has 1 N–H and O–H groups in total. The number of halogens is 1. The number of aliphatic hydroxyl groups is 1. The van der Waals surface area contributed by atoms with Crippen molar-refractivity contribution in [2.75, 3.05) is 11.9 Å². The first-order valence-corrected chi connectivity index (χ1v) is 7.31. The second-order valence-electron chi connectivity index (χ2n) is 4.21. The molecule has 3 nitrogen and oxygen atoms in total. The minimum atomic E-state index is -0.462. The molecule has 5 heteroatoms. The number of nitrogens with zero attached hydrogens (tertiary/aromatic N) is 2. The van der Waals surface area contributed by atoms with Crippen molar-refractivity contribution in [1.82, 2.24) is 4.98 Å². The molecule has 2 rings (SSSR count). The highest BCUT2D eigenvalue weighted by Crippen LogP contribution is 2.23. The standard InChI is InChI=1S/C13H15BrN2OS/c1-9(17)10-3-4-15-13(5-10)16(2)7-12-6-11(14)8-18-12/h3-6,8-9,17H,7H2,1-2H3. The summed E-state index contributed by atoms with van der Waals surface area (Å²) < 4.78 is 1.11. The highest BCUT2D eigenvalue weighted by atomic mass is 79.9. The molecule has 0 radical (unpaired) electrons. The number of aliphatic hydroxyl groups excluding tert-OH is 1. The average molecular weight is 327 g/mol. The van der Waals surface area contributed by atoms with Gasteiger partial charge in [-0.1, -0.05) is 0 Å². The van der Waals surface area contributed by atoms with Gasteiger partial charge in [0.05, 0.1) is 12.6 Å². The van der Waals surface area contributed by atoms with Gasteiger partial charge in [0.1, 0.15) is 5.82 Å². The van der Waals surface area contributed by atoms with Crippen LogP contribution in [0.2, 0.25) is 0 Å². The summed E-state index contributed by atoms with van der Waals surface area (Å²) in [5, 5.41) is 11.6. The van der Waals surface area contributed by atoms with E-state index in [0.29, 0.717) is 0 Å². The van der Waals surface area contributed by atoms with E-state index in [1.165, 1.54) is 4.88 Å². The van der Waals surface area contributed by atoms with Crippen molar-refractivity contribution in [3.63, 3.8) is 0 Å². The van der Waals surface area contributed by atoms with Gasteiger partial charge < -0.3 is 10.0 Å². The van der Waals surface area contributed by atoms with Crippen molar-refractivity contribution in [3.8, 4) is 0 Å². The van der Waals surface area contributed by atoms with Gasteiger partial charge in [0, 0.05) is 28.0 Å². The SMILES string of the molecule is CC(O)c1ccnc(N(C)Cc2cc(Br)cs2)c1. The molecule has 1 atom stereocenters. The second-order valence-corrected chi connectivity index (χ2v) is 6.12. The molecular formula is C13H15BrN2OS. The lowest BCUT2D eigenvalue weighted by Crippen LogP contribution is -2.17. The van der Waals surface area contributed by atoms with Gasteiger partial charge in [0.2, 0.25) is 0 Å². The number of pyridine rings is 1. The number of hydrogen-bond donors (Lipinski definition) is 1. The first-order chi connectivity index (χ1) is 8.56. The van der Waals surface area contributed by atoms with Crippen molar-refractivity contribution in [3.05, 3.63) is 44.7 Å². The number of rotatable bonds is 4. The zero-order valence-corrected chi connectivity index (χ0v) is 12.7. The molecular weight excluding hydrogens is 312 g/mol. The van der Waals surface area contributed by atoms with Gasteiger partial charge in [0.15, 0.2) is 0 Å². The van der Waals surface area contributed by atoms with Gasteiger partial charge in [-0.3, -0.25) is 0 Å². The fourth-order valence-electron chi connectivity index (χ4n) is 1.65. The molecule has 0 aliphatic carbocycles. The molecule has 0 aromatic carbocycles. The Morgan fingerprint density at radius 2 is 2.28 bits per heavy atom. The van der Waals surface area contributed by atoms with Gasteiger partial charge in [-0.2, -0.15) is 0 Å². The van der Waals surface area contributed by atoms with E-state index in [4.69, 9.17) is 0 Å². The van der Waals surface area contributed by atoms with Crippen LogP contribution in [0.1, 0.15) is 23.5 Å². The van der Waals surface area contributed by atoms with Crippen LogP contribution in [0.25, 0.3) is 0 Å². The average Bonchev–Trinajstić information content (AvgIpc) is 2.75. The zero-order valence-electron chi connectivity index (χ0n) is 10.3. The van der Waals surface area contributed by atoms with Crippen LogP contribution in [0.5, 0.6) is 0 Å². The lowest BCUT2D eigenvalue weighted by molar-refractivity contribution is 0.199. The quantitative estimate of drug-likeness (QED) is 0.932. The largest absolute Gasteiger partial charge is 0.389 e. The normalized spacial score (nSPS) is 12.4. The molecule has 1 unspecified atom stereocenters. The monoisotopic (exact) mass is 326 g/mol. The Labute approximate surface area is 119 Å². The molecule has 2 aromatic heterocycles. The van der Waals surface area contributed by atoms with Crippen molar-refractivity contribution in [1.29, 1.82) is 0 Å². The third-order valence-corrected chi connectivity index (χ3v) is 4.34. The summed E-state index contributed by atoms with van der Waals surface area (Å²) in [7, 11) is 2.00. The number of thiophene rings is 1. The van der Waals surface area contributed by atoms with Crippen LogP contribution in [0, 0.1) is 0 Å². The van der Waals surface area contributed by atoms with E-state index in [0.717, 1.165) is 22.4 Å². The Balaban J connectivity index is 2.13. The molecule has 0 fully saturated rings. The van der Waals surface area contributed by atoms with Crippen LogP contribution < -0.4 is 4.90 Å². The molecule has 96 valence electrons. The minimum Gasteiger partial charge on any atom is -0.389 e. The maximum atomic E-state index is 9.57. The summed E-state index contributed by atoms with van der Waals surface area (Å²) >= 11 is 5.17. The molecule has 0 aliphatic heterocycles. The van der Waals surface area contributed by atoms with Crippen LogP contribution in [0.4, 0.5) is 5.82 Å². The number of aromatic nitrogens is 1. The topological polar surface area (TPSA) is 36.4 Å². The van der Waals surface area contributed by atoms with Gasteiger partial charge in [-0.05, 0) is 46.6 Å². The smallest absolute Gasteiger partial charge is 0.128 e. The van der Waals surface area contributed by atoms with Crippen LogP contribution >= 0.6 is 27.3 Å². The van der Waals surface area contributed by atoms with Gasteiger partial charge in [0.25, 0.3) is 0 Å². The molecule has 0 aliphatic rings. The summed E-state index contributed by atoms with van der Waals surface area (Å²) in [6.45, 7) is 2.57. The molecule has 0 spiro atoms. The van der Waals surface area contributed by atoms with Crippen molar-refractivity contribution < 1.29 is 5.11 Å². The van der Waals surface area contributed by atoms with Gasteiger partial charge in [-0.15, -0.1) is 11.3 Å². The first kappa shape index (κ1) is 13.5. The van der Waals surface area contributed by atoms with E-state index in [-0.39, 0.29) is 0 Å². The van der Waals surface area contributed by atoms with Gasteiger partial charge >= 0.3 is 0 Å². The maximum Gasteiger partial charge on any atom is 0.128 e. The molecule has 0 amide bonds. The summed E-state index contributed by atoms with van der Waals surface area (Å²) in [5.41, 5.74) is 0.888. The molecule has 0 saturated carbocycles. The van der Waals surface area contributed by atoms with E-state index in [1.54, 1.807) is 24.5 Å². The van der Waals surface area contributed by atoms with Crippen molar-refractivity contribution >= 4 is 33.1 Å². The van der Waals surface area contributed by atoms with Crippen molar-refractivity contribution in [2.45, 2.75) is 19.6 Å². The molecule has 0 bridgehead atoms. The van der Waals surface area contributed by atoms with E-state index < -0.39 is 6.10 Å². The Morgan fingerprint density at radius 3 is 2.89 bits per heavy atom. The third kappa shape index (κ3) is 3.31. The lowest BCUT2D eigenvalue weighted by atomic mass is 10.2. The van der Waals surface area contributed by atoms with E-state index in [2.05, 4.69) is 37.3 Å². The van der Waals surface area contributed by atoms with E-state index in [9.17, 15) is 5.11 Å². The summed E-state index contributed by atoms with van der Waals surface area (Å²) in [4.78, 5) is 7.68. The highest BCUT2D eigenvalue weighted by molar-refractivity contribution is 9.10. The Bertz CT molecular complexity index is 527. The fourth-order valence-corrected chi connectivity index (χ4v) is 3.16. The molecule has 0 saturated heterocycles. The van der Waals surface area contributed by atoms with E-state index >= 15 is 0 Å². The fraction of sp³-hybridized carbons (Fsp3) is 0.308. The Hall–Kier alpha value is -0.910. The second kappa shape index (κ2) is 5.82. The number of hydrogen-bond acceptors (Lipinski definition) is 4. The van der Waals surface area contributed by atoms with Crippen LogP contribution in [0.15, 0.2) is 34.2 Å². The molecule has 18 heavy (non-hydrogen) atoms. The Kier molecular flexibility index (Phi) is 4.37. The lowest BCUT2D eigenvalue weighted by Gasteiger charge is -2.18. The zero-order chi connectivity index (χ0) is 13.1. The summed E-state index contributed by atoms with van der Waals surface area (Å²) in [6.07, 6.45) is 1.27. The van der Waals surface area contributed by atoms with Crippen LogP contribution in [-0.4, -0.2) is 17.1 Å². The predicted molar refractivity (Wildman–Crippen MR) is 79.0 cm³/mol. The first-order valence-electron chi connectivity index (χ1n) is 5.64. The van der Waals surface area contributed by atoms with Crippen molar-refractivity contribution in [2.24, 2.45) is 0 Å². The summed E-state index contributed by atoms with van der Waals surface area (Å²) in [5.74, 6) is 0.873. The third-order valence-electron chi connectivity index (χ3n) is 2.66.